The van der Waals surface area contributed by atoms with Gasteiger partial charge in [0.25, 0.3) is 0 Å². The van der Waals surface area contributed by atoms with E-state index in [-0.39, 0.29) is 6.04 Å². The topological polar surface area (TPSA) is 40.6 Å². The summed E-state index contributed by atoms with van der Waals surface area (Å²) >= 11 is 0. The zero-order valence-corrected chi connectivity index (χ0v) is 12.2. The molecule has 0 radical (unpaired) electrons. The molecule has 0 N–H and O–H groups in total. The molecular weight excluding hydrogens is 260 g/mol. The van der Waals surface area contributed by atoms with Crippen molar-refractivity contribution in [1.82, 2.24) is 9.21 Å². The van der Waals surface area contributed by atoms with E-state index in [2.05, 4.69) is 18.9 Å². The molecule has 2 atom stereocenters. The number of sulfonamides is 1. The van der Waals surface area contributed by atoms with E-state index in [9.17, 15) is 8.42 Å². The second-order valence-electron chi connectivity index (χ2n) is 5.56. The van der Waals surface area contributed by atoms with Crippen LogP contribution in [0.1, 0.15) is 18.9 Å². The Bertz CT molecular complexity index is 566. The average Bonchev–Trinajstić information content (AvgIpc) is 2.98. The van der Waals surface area contributed by atoms with Crippen LogP contribution in [0.5, 0.6) is 0 Å². The van der Waals surface area contributed by atoms with E-state index in [4.69, 9.17) is 0 Å². The molecule has 3 rings (SSSR count). The normalized spacial score (nSPS) is 28.1. The highest BCUT2D eigenvalue weighted by atomic mass is 32.2. The summed E-state index contributed by atoms with van der Waals surface area (Å²) in [6.07, 6.45) is 1.91. The zero-order chi connectivity index (χ0) is 13.6. The summed E-state index contributed by atoms with van der Waals surface area (Å²) in [4.78, 5) is 2.69. The molecule has 19 heavy (non-hydrogen) atoms. The molecule has 2 bridgehead atoms. The zero-order valence-electron chi connectivity index (χ0n) is 11.4. The van der Waals surface area contributed by atoms with Crippen molar-refractivity contribution in [3.63, 3.8) is 0 Å². The third kappa shape index (κ3) is 2.10. The van der Waals surface area contributed by atoms with Crippen molar-refractivity contribution >= 4 is 10.0 Å². The van der Waals surface area contributed by atoms with Crippen LogP contribution in [0.15, 0.2) is 29.2 Å². The van der Waals surface area contributed by atoms with Crippen molar-refractivity contribution in [1.29, 1.82) is 0 Å². The number of nitrogens with zero attached hydrogens (tertiary/aromatic N) is 2. The molecule has 1 aromatic rings. The molecule has 0 aromatic heterocycles. The molecule has 2 fully saturated rings. The van der Waals surface area contributed by atoms with Crippen LogP contribution in [0.25, 0.3) is 0 Å². The standard InChI is InChI=1S/C14H20N2O2S/c1-3-11-4-6-14(7-5-11)19(17,18)16-10-12-8-13(16)9-15(12)2/h4-7,12-13H,3,8-10H2,1-2H3/t12-,13-/m0/s1. The van der Waals surface area contributed by atoms with Crippen LogP contribution in [0.3, 0.4) is 0 Å². The Kier molecular flexibility index (Phi) is 3.15. The van der Waals surface area contributed by atoms with Gasteiger partial charge in [-0.2, -0.15) is 4.31 Å². The molecule has 2 saturated heterocycles. The lowest BCUT2D eigenvalue weighted by Crippen LogP contribution is -2.47. The van der Waals surface area contributed by atoms with Gasteiger partial charge in [-0.05, 0) is 37.6 Å². The van der Waals surface area contributed by atoms with Crippen molar-refractivity contribution < 1.29 is 8.42 Å². The van der Waals surface area contributed by atoms with Crippen molar-refractivity contribution in [3.05, 3.63) is 29.8 Å². The summed E-state index contributed by atoms with van der Waals surface area (Å²) in [5.41, 5.74) is 1.17. The summed E-state index contributed by atoms with van der Waals surface area (Å²) in [6.45, 7) is 3.56. The SMILES string of the molecule is CCc1ccc(S(=O)(=O)N2C[C@@H]3C[C@H]2CN3C)cc1. The molecule has 2 aliphatic heterocycles. The van der Waals surface area contributed by atoms with Gasteiger partial charge < -0.3 is 4.90 Å². The molecule has 0 aliphatic carbocycles. The minimum Gasteiger partial charge on any atom is -0.300 e. The summed E-state index contributed by atoms with van der Waals surface area (Å²) in [7, 11) is -1.24. The highest BCUT2D eigenvalue weighted by Crippen LogP contribution is 2.33. The summed E-state index contributed by atoms with van der Waals surface area (Å²) < 4.78 is 27.0. The number of rotatable bonds is 3. The molecule has 0 unspecified atom stereocenters. The van der Waals surface area contributed by atoms with Crippen molar-refractivity contribution in [2.45, 2.75) is 36.7 Å². The van der Waals surface area contributed by atoms with Crippen LogP contribution in [0.2, 0.25) is 0 Å². The van der Waals surface area contributed by atoms with Crippen molar-refractivity contribution in [3.8, 4) is 0 Å². The Hall–Kier alpha value is -0.910. The van der Waals surface area contributed by atoms with Gasteiger partial charge in [0.2, 0.25) is 10.0 Å². The lowest BCUT2D eigenvalue weighted by molar-refractivity contribution is 0.216. The maximum absolute atomic E-state index is 12.6. The Morgan fingerprint density at radius 2 is 1.84 bits per heavy atom. The van der Waals surface area contributed by atoms with Gasteiger partial charge in [-0.1, -0.05) is 19.1 Å². The third-order valence-electron chi connectivity index (χ3n) is 4.40. The van der Waals surface area contributed by atoms with E-state index >= 15 is 0 Å². The Morgan fingerprint density at radius 3 is 2.32 bits per heavy atom. The first-order valence-corrected chi connectivity index (χ1v) is 8.27. The van der Waals surface area contributed by atoms with E-state index < -0.39 is 10.0 Å². The highest BCUT2D eigenvalue weighted by Gasteiger charge is 2.46. The van der Waals surface area contributed by atoms with Crippen LogP contribution < -0.4 is 0 Å². The number of likely N-dealkylation sites (tertiary alicyclic amines) is 1. The van der Waals surface area contributed by atoms with E-state index in [1.807, 2.05) is 12.1 Å². The lowest BCUT2D eigenvalue weighted by Gasteiger charge is -2.31. The predicted octanol–water partition coefficient (Wildman–Crippen LogP) is 1.33. The maximum Gasteiger partial charge on any atom is 0.243 e. The van der Waals surface area contributed by atoms with Gasteiger partial charge in [-0.15, -0.1) is 0 Å². The molecule has 2 aliphatic rings. The average molecular weight is 280 g/mol. The number of fused-ring (bicyclic) bond motifs is 2. The second-order valence-corrected chi connectivity index (χ2v) is 7.45. The monoisotopic (exact) mass is 280 g/mol. The molecule has 5 heteroatoms. The molecule has 104 valence electrons. The number of piperazine rings is 1. The van der Waals surface area contributed by atoms with E-state index in [1.165, 1.54) is 5.56 Å². The van der Waals surface area contributed by atoms with Gasteiger partial charge in [0.15, 0.2) is 0 Å². The first-order valence-electron chi connectivity index (χ1n) is 6.83. The fraction of sp³-hybridized carbons (Fsp3) is 0.571. The first-order chi connectivity index (χ1) is 9.02. The number of hydrogen-bond donors (Lipinski definition) is 0. The van der Waals surface area contributed by atoms with Gasteiger partial charge in [-0.25, -0.2) is 8.42 Å². The van der Waals surface area contributed by atoms with Crippen LogP contribution in [-0.2, 0) is 16.4 Å². The molecule has 2 heterocycles. The summed E-state index contributed by atoms with van der Waals surface area (Å²) in [5, 5.41) is 0. The fourth-order valence-corrected chi connectivity index (χ4v) is 4.82. The molecule has 0 saturated carbocycles. The number of aryl methyl sites for hydroxylation is 1. The molecule has 4 nitrogen and oxygen atoms in total. The van der Waals surface area contributed by atoms with Crippen LogP contribution in [0.4, 0.5) is 0 Å². The van der Waals surface area contributed by atoms with Crippen LogP contribution in [0, 0.1) is 0 Å². The predicted molar refractivity (Wildman–Crippen MR) is 74.5 cm³/mol. The quantitative estimate of drug-likeness (QED) is 0.838. The molecule has 1 aromatic carbocycles. The van der Waals surface area contributed by atoms with Gasteiger partial charge in [-0.3, -0.25) is 0 Å². The lowest BCUT2D eigenvalue weighted by atomic mass is 10.2. The first kappa shape index (κ1) is 13.1. The van der Waals surface area contributed by atoms with Crippen LogP contribution >= 0.6 is 0 Å². The Balaban J connectivity index is 1.87. The van der Waals surface area contributed by atoms with E-state index in [0.717, 1.165) is 19.4 Å². The molecular formula is C14H20N2O2S. The molecule has 0 spiro atoms. The van der Waals surface area contributed by atoms with Gasteiger partial charge in [0, 0.05) is 25.2 Å². The Labute approximate surface area is 115 Å². The second kappa shape index (κ2) is 4.58. The van der Waals surface area contributed by atoms with Crippen LogP contribution in [-0.4, -0.2) is 49.8 Å². The highest BCUT2D eigenvalue weighted by molar-refractivity contribution is 7.89. The largest absolute Gasteiger partial charge is 0.300 e. The number of benzene rings is 1. The van der Waals surface area contributed by atoms with Crippen molar-refractivity contribution in [2.24, 2.45) is 0 Å². The minimum absolute atomic E-state index is 0.158. The summed E-state index contributed by atoms with van der Waals surface area (Å²) in [5.74, 6) is 0. The summed E-state index contributed by atoms with van der Waals surface area (Å²) in [6, 6.07) is 7.86. The number of likely N-dealkylation sites (N-methyl/N-ethyl adjacent to an activating group) is 1. The van der Waals surface area contributed by atoms with Gasteiger partial charge in [0.1, 0.15) is 0 Å². The maximum atomic E-state index is 12.6. The smallest absolute Gasteiger partial charge is 0.243 e. The van der Waals surface area contributed by atoms with E-state index in [1.54, 1.807) is 16.4 Å². The van der Waals surface area contributed by atoms with Crippen molar-refractivity contribution in [2.75, 3.05) is 20.1 Å². The molecule has 0 amide bonds. The minimum atomic E-state index is -3.31. The third-order valence-corrected chi connectivity index (χ3v) is 6.33. The Morgan fingerprint density at radius 1 is 1.16 bits per heavy atom. The number of hydrogen-bond acceptors (Lipinski definition) is 3. The van der Waals surface area contributed by atoms with E-state index in [0.29, 0.717) is 17.5 Å². The van der Waals surface area contributed by atoms with Gasteiger partial charge in [0.05, 0.1) is 4.90 Å². The van der Waals surface area contributed by atoms with Gasteiger partial charge >= 0.3 is 0 Å². The fourth-order valence-electron chi connectivity index (χ4n) is 3.16.